The molecule has 1 aromatic heterocycles. The van der Waals surface area contributed by atoms with Crippen LogP contribution in [0.3, 0.4) is 0 Å². The van der Waals surface area contributed by atoms with Crippen LogP contribution in [0.4, 0.5) is 5.69 Å². The number of thiazole rings is 1. The Labute approximate surface area is 106 Å². The fourth-order valence-corrected chi connectivity index (χ4v) is 2.32. The fraction of sp³-hybridized carbons (Fsp3) is 0.0909. The number of carbonyl (C=O) groups is 1. The van der Waals surface area contributed by atoms with Gasteiger partial charge in [-0.25, -0.2) is 4.98 Å². The summed E-state index contributed by atoms with van der Waals surface area (Å²) in [5.41, 5.74) is 0.605. The third kappa shape index (κ3) is 2.69. The number of carboxylic acid groups (broad SMARTS) is 1. The van der Waals surface area contributed by atoms with E-state index in [4.69, 9.17) is 5.11 Å². The topological polar surface area (TPSA) is 93.3 Å². The number of hydrogen-bond donors (Lipinski definition) is 1. The zero-order chi connectivity index (χ0) is 13.1. The van der Waals surface area contributed by atoms with Gasteiger partial charge in [-0.15, -0.1) is 11.3 Å². The molecule has 2 aromatic rings. The van der Waals surface area contributed by atoms with Crippen molar-refractivity contribution in [2.45, 2.75) is 6.42 Å². The molecule has 0 aliphatic carbocycles. The number of rotatable bonds is 4. The van der Waals surface area contributed by atoms with Crippen molar-refractivity contribution in [3.63, 3.8) is 0 Å². The zero-order valence-electron chi connectivity index (χ0n) is 9.07. The molecule has 1 heterocycles. The van der Waals surface area contributed by atoms with Crippen LogP contribution in [0.1, 0.15) is 4.88 Å². The van der Waals surface area contributed by atoms with E-state index in [0.717, 1.165) is 0 Å². The first-order valence-corrected chi connectivity index (χ1v) is 5.79. The molecule has 1 aromatic carbocycles. The lowest BCUT2D eigenvalue weighted by atomic mass is 10.2. The molecule has 0 spiro atoms. The monoisotopic (exact) mass is 264 g/mol. The summed E-state index contributed by atoms with van der Waals surface area (Å²) in [5.74, 6) is -0.927. The smallest absolute Gasteiger partial charge is 0.308 e. The summed E-state index contributed by atoms with van der Waals surface area (Å²) < 4.78 is 0. The summed E-state index contributed by atoms with van der Waals surface area (Å²) in [6.07, 6.45) is 1.39. The molecule has 92 valence electrons. The number of nitrogens with zero attached hydrogens (tertiary/aromatic N) is 2. The van der Waals surface area contributed by atoms with E-state index >= 15 is 0 Å². The number of aromatic nitrogens is 1. The minimum atomic E-state index is -0.927. The minimum absolute atomic E-state index is 0.0116. The highest BCUT2D eigenvalue weighted by Gasteiger charge is 2.11. The molecule has 18 heavy (non-hydrogen) atoms. The third-order valence-corrected chi connectivity index (χ3v) is 3.23. The molecule has 0 bridgehead atoms. The summed E-state index contributed by atoms with van der Waals surface area (Å²) in [5, 5.41) is 19.9. The summed E-state index contributed by atoms with van der Waals surface area (Å²) in [6, 6.07) is 6.10. The van der Waals surface area contributed by atoms with E-state index < -0.39 is 10.9 Å². The van der Waals surface area contributed by atoms with Crippen molar-refractivity contribution >= 4 is 23.0 Å². The minimum Gasteiger partial charge on any atom is -0.481 e. The van der Waals surface area contributed by atoms with E-state index in [-0.39, 0.29) is 12.1 Å². The largest absolute Gasteiger partial charge is 0.481 e. The second-order valence-corrected chi connectivity index (χ2v) is 4.62. The van der Waals surface area contributed by atoms with Crippen LogP contribution in [0.15, 0.2) is 30.5 Å². The molecule has 0 unspecified atom stereocenters. The Morgan fingerprint density at radius 1 is 1.50 bits per heavy atom. The van der Waals surface area contributed by atoms with Crippen LogP contribution >= 0.6 is 11.3 Å². The molecule has 0 atom stereocenters. The highest BCUT2D eigenvalue weighted by molar-refractivity contribution is 7.15. The number of aliphatic carboxylic acids is 1. The maximum atomic E-state index is 10.6. The maximum absolute atomic E-state index is 10.6. The van der Waals surface area contributed by atoms with Crippen molar-refractivity contribution in [1.82, 2.24) is 4.98 Å². The van der Waals surface area contributed by atoms with E-state index in [9.17, 15) is 14.9 Å². The van der Waals surface area contributed by atoms with Gasteiger partial charge in [0.25, 0.3) is 5.69 Å². The van der Waals surface area contributed by atoms with Crippen molar-refractivity contribution in [2.24, 2.45) is 0 Å². The van der Waals surface area contributed by atoms with Crippen LogP contribution < -0.4 is 0 Å². The van der Waals surface area contributed by atoms with Gasteiger partial charge in [0.15, 0.2) is 0 Å². The van der Waals surface area contributed by atoms with Crippen LogP contribution in [0.25, 0.3) is 10.6 Å². The lowest BCUT2D eigenvalue weighted by Crippen LogP contribution is -1.97. The van der Waals surface area contributed by atoms with Crippen molar-refractivity contribution in [3.05, 3.63) is 45.5 Å². The average Bonchev–Trinajstić information content (AvgIpc) is 2.77. The Bertz CT molecular complexity index is 609. The van der Waals surface area contributed by atoms with Crippen LogP contribution in [-0.2, 0) is 11.2 Å². The Morgan fingerprint density at radius 2 is 2.28 bits per heavy atom. The molecule has 0 fully saturated rings. The average molecular weight is 264 g/mol. The van der Waals surface area contributed by atoms with Gasteiger partial charge in [-0.05, 0) is 0 Å². The number of carboxylic acids is 1. The van der Waals surface area contributed by atoms with Crippen LogP contribution in [0.2, 0.25) is 0 Å². The number of benzene rings is 1. The highest BCUT2D eigenvalue weighted by Crippen LogP contribution is 2.27. The lowest BCUT2D eigenvalue weighted by Gasteiger charge is -1.95. The summed E-state index contributed by atoms with van der Waals surface area (Å²) >= 11 is 1.22. The van der Waals surface area contributed by atoms with Crippen LogP contribution in [0.5, 0.6) is 0 Å². The zero-order valence-corrected chi connectivity index (χ0v) is 9.88. The molecule has 0 amide bonds. The first kappa shape index (κ1) is 12.2. The van der Waals surface area contributed by atoms with Crippen molar-refractivity contribution in [3.8, 4) is 10.6 Å². The van der Waals surface area contributed by atoms with Crippen LogP contribution in [0, 0.1) is 10.1 Å². The Kier molecular flexibility index (Phi) is 3.33. The SMILES string of the molecule is O=C(O)Cc1cnc(-c2cccc([N+](=O)[O-])c2)s1. The van der Waals surface area contributed by atoms with Gasteiger partial charge in [0.2, 0.25) is 0 Å². The van der Waals surface area contributed by atoms with Gasteiger partial charge in [-0.3, -0.25) is 14.9 Å². The summed E-state index contributed by atoms with van der Waals surface area (Å²) in [4.78, 5) is 25.4. The first-order chi connectivity index (χ1) is 8.56. The number of nitro groups is 1. The van der Waals surface area contributed by atoms with Crippen LogP contribution in [-0.4, -0.2) is 21.0 Å². The second-order valence-electron chi connectivity index (χ2n) is 3.51. The molecule has 0 aliphatic rings. The third-order valence-electron chi connectivity index (χ3n) is 2.18. The van der Waals surface area contributed by atoms with E-state index in [1.807, 2.05) is 0 Å². The number of non-ortho nitro benzene ring substituents is 1. The molecule has 0 saturated heterocycles. The summed E-state index contributed by atoms with van der Waals surface area (Å²) in [7, 11) is 0. The van der Waals surface area contributed by atoms with E-state index in [1.54, 1.807) is 12.1 Å². The van der Waals surface area contributed by atoms with Gasteiger partial charge in [0.1, 0.15) is 5.01 Å². The molecule has 0 radical (unpaired) electrons. The Balaban J connectivity index is 2.31. The normalized spacial score (nSPS) is 10.2. The number of nitro benzene ring substituents is 1. The number of hydrogen-bond acceptors (Lipinski definition) is 5. The molecule has 0 saturated carbocycles. The standard InChI is InChI=1S/C11H8N2O4S/c14-10(15)5-9-6-12-11(18-9)7-2-1-3-8(4-7)13(16)17/h1-4,6H,5H2,(H,14,15). The predicted octanol–water partition coefficient (Wildman–Crippen LogP) is 2.35. The predicted molar refractivity (Wildman–Crippen MR) is 65.5 cm³/mol. The van der Waals surface area contributed by atoms with Gasteiger partial charge < -0.3 is 5.11 Å². The van der Waals surface area contributed by atoms with Crippen molar-refractivity contribution < 1.29 is 14.8 Å². The highest BCUT2D eigenvalue weighted by atomic mass is 32.1. The molecule has 6 nitrogen and oxygen atoms in total. The van der Waals surface area contributed by atoms with Gasteiger partial charge >= 0.3 is 5.97 Å². The van der Waals surface area contributed by atoms with Gasteiger partial charge in [-0.2, -0.15) is 0 Å². The van der Waals surface area contributed by atoms with Crippen molar-refractivity contribution in [2.75, 3.05) is 0 Å². The Hall–Kier alpha value is -2.28. The van der Waals surface area contributed by atoms with Gasteiger partial charge in [-0.1, -0.05) is 12.1 Å². The molecule has 0 aliphatic heterocycles. The fourth-order valence-electron chi connectivity index (χ4n) is 1.42. The van der Waals surface area contributed by atoms with E-state index in [0.29, 0.717) is 15.4 Å². The molecule has 1 N–H and O–H groups in total. The molecular weight excluding hydrogens is 256 g/mol. The first-order valence-electron chi connectivity index (χ1n) is 4.97. The molecule has 7 heteroatoms. The quantitative estimate of drug-likeness (QED) is 0.675. The van der Waals surface area contributed by atoms with Crippen molar-refractivity contribution in [1.29, 1.82) is 0 Å². The molecule has 2 rings (SSSR count). The van der Waals surface area contributed by atoms with E-state index in [1.165, 1.54) is 29.7 Å². The molecular formula is C11H8N2O4S. The Morgan fingerprint density at radius 3 is 2.94 bits per heavy atom. The maximum Gasteiger partial charge on any atom is 0.308 e. The van der Waals surface area contributed by atoms with Gasteiger partial charge in [0.05, 0.1) is 11.3 Å². The second kappa shape index (κ2) is 4.92. The van der Waals surface area contributed by atoms with E-state index in [2.05, 4.69) is 4.98 Å². The lowest BCUT2D eigenvalue weighted by molar-refractivity contribution is -0.384. The summed E-state index contributed by atoms with van der Waals surface area (Å²) in [6.45, 7) is 0. The van der Waals surface area contributed by atoms with Gasteiger partial charge in [0, 0.05) is 28.8 Å².